The van der Waals surface area contributed by atoms with Crippen molar-refractivity contribution in [1.82, 2.24) is 9.80 Å². The van der Waals surface area contributed by atoms with Gasteiger partial charge in [-0.25, -0.2) is 17.2 Å². The molecule has 3 aliphatic rings. The quantitative estimate of drug-likeness (QED) is 0.602. The van der Waals surface area contributed by atoms with E-state index in [0.29, 0.717) is 12.8 Å². The highest BCUT2D eigenvalue weighted by Gasteiger charge is 2.45. The molecule has 0 unspecified atom stereocenters. The minimum Gasteiger partial charge on any atom is -0.369 e. The summed E-state index contributed by atoms with van der Waals surface area (Å²) in [4.78, 5) is 18.6. The van der Waals surface area contributed by atoms with Crippen LogP contribution in [0.4, 0.5) is 14.5 Å². The molecule has 2 heterocycles. The van der Waals surface area contributed by atoms with E-state index < -0.39 is 33.5 Å². The van der Waals surface area contributed by atoms with Gasteiger partial charge in [0.2, 0.25) is 5.91 Å². The fourth-order valence-corrected chi connectivity index (χ4v) is 7.74. The number of piperazine rings is 1. The van der Waals surface area contributed by atoms with Crippen molar-refractivity contribution in [2.45, 2.75) is 68.1 Å². The molecule has 190 valence electrons. The summed E-state index contributed by atoms with van der Waals surface area (Å²) in [6.45, 7) is 9.54. The van der Waals surface area contributed by atoms with Crippen molar-refractivity contribution in [2.24, 2.45) is 5.92 Å². The van der Waals surface area contributed by atoms with Gasteiger partial charge in [0.15, 0.2) is 9.84 Å². The van der Waals surface area contributed by atoms with Crippen LogP contribution in [0.1, 0.15) is 46.5 Å². The van der Waals surface area contributed by atoms with E-state index in [0.717, 1.165) is 31.9 Å². The fourth-order valence-electron chi connectivity index (χ4n) is 5.36. The van der Waals surface area contributed by atoms with Crippen LogP contribution >= 0.6 is 11.6 Å². The molecule has 0 spiro atoms. The van der Waals surface area contributed by atoms with Crippen LogP contribution in [0.2, 0.25) is 5.02 Å². The summed E-state index contributed by atoms with van der Waals surface area (Å²) >= 11 is 6.47. The first-order valence-corrected chi connectivity index (χ1v) is 13.9. The first-order valence-electron chi connectivity index (χ1n) is 12.0. The van der Waals surface area contributed by atoms with Crippen molar-refractivity contribution in [2.75, 3.05) is 44.2 Å². The molecule has 2 atom stereocenters. The fraction of sp³-hybridized carbons (Fsp3) is 0.708. The van der Waals surface area contributed by atoms with Gasteiger partial charge in [-0.3, -0.25) is 9.69 Å². The molecule has 1 amide bonds. The highest BCUT2D eigenvalue weighted by atomic mass is 35.5. The number of amides is 1. The van der Waals surface area contributed by atoms with Gasteiger partial charge in [-0.15, -0.1) is 0 Å². The molecule has 2 aliphatic heterocycles. The molecule has 1 aromatic carbocycles. The van der Waals surface area contributed by atoms with Crippen molar-refractivity contribution < 1.29 is 22.0 Å². The van der Waals surface area contributed by atoms with E-state index in [4.69, 9.17) is 11.6 Å². The van der Waals surface area contributed by atoms with Crippen molar-refractivity contribution in [3.05, 3.63) is 23.2 Å². The standard InChI is InChI=1S/C24H34ClF2N3O3S/c1-23(2,3)30-12-10-28(11-13-30)18-5-7-21(20(25)15-18)34(32,33)19-6-4-17(14-19)22(31)29-9-8-24(26,27)16-29/h5,7,15,17,19H,4,6,8-14,16H2,1-3H3/t17-,19-/m1/s1. The monoisotopic (exact) mass is 517 g/mol. The summed E-state index contributed by atoms with van der Waals surface area (Å²) < 4.78 is 53.7. The summed E-state index contributed by atoms with van der Waals surface area (Å²) in [6.07, 6.45) is 0.533. The van der Waals surface area contributed by atoms with Crippen LogP contribution in [-0.4, -0.2) is 80.1 Å². The Balaban J connectivity index is 1.41. The van der Waals surface area contributed by atoms with Gasteiger partial charge < -0.3 is 9.80 Å². The van der Waals surface area contributed by atoms with Gasteiger partial charge in [-0.05, 0) is 58.2 Å². The minimum absolute atomic E-state index is 0.0249. The van der Waals surface area contributed by atoms with Crippen LogP contribution in [0.25, 0.3) is 0 Å². The van der Waals surface area contributed by atoms with Gasteiger partial charge in [-0.1, -0.05) is 11.6 Å². The zero-order chi connectivity index (χ0) is 24.9. The molecule has 34 heavy (non-hydrogen) atoms. The Morgan fingerprint density at radius 2 is 1.76 bits per heavy atom. The summed E-state index contributed by atoms with van der Waals surface area (Å²) in [5, 5.41) is -0.548. The molecule has 0 N–H and O–H groups in total. The summed E-state index contributed by atoms with van der Waals surface area (Å²) in [5.41, 5.74) is 1.00. The number of benzene rings is 1. The molecule has 0 aromatic heterocycles. The molecule has 2 saturated heterocycles. The Bertz CT molecular complexity index is 1040. The lowest BCUT2D eigenvalue weighted by Crippen LogP contribution is -2.53. The molecule has 1 aliphatic carbocycles. The van der Waals surface area contributed by atoms with Crippen molar-refractivity contribution in [3.8, 4) is 0 Å². The topological polar surface area (TPSA) is 60.9 Å². The number of carbonyl (C=O) groups is 1. The number of hydrogen-bond acceptors (Lipinski definition) is 5. The molecular weight excluding hydrogens is 484 g/mol. The van der Waals surface area contributed by atoms with Crippen LogP contribution in [0.3, 0.4) is 0 Å². The van der Waals surface area contributed by atoms with Crippen LogP contribution in [0.15, 0.2) is 23.1 Å². The zero-order valence-electron chi connectivity index (χ0n) is 20.1. The van der Waals surface area contributed by atoms with E-state index in [9.17, 15) is 22.0 Å². The Labute approximate surface area is 206 Å². The number of nitrogens with zero attached hydrogens (tertiary/aromatic N) is 3. The second-order valence-corrected chi connectivity index (χ2v) is 13.4. The summed E-state index contributed by atoms with van der Waals surface area (Å²) in [7, 11) is -3.74. The van der Waals surface area contributed by atoms with Gasteiger partial charge in [0.1, 0.15) is 0 Å². The second-order valence-electron chi connectivity index (χ2n) is 10.8. The number of hydrogen-bond donors (Lipinski definition) is 0. The molecule has 3 fully saturated rings. The van der Waals surface area contributed by atoms with Crippen LogP contribution < -0.4 is 4.90 Å². The van der Waals surface area contributed by atoms with Gasteiger partial charge in [0, 0.05) is 56.3 Å². The van der Waals surface area contributed by atoms with Crippen molar-refractivity contribution >= 4 is 33.0 Å². The maximum Gasteiger partial charge on any atom is 0.267 e. The lowest BCUT2D eigenvalue weighted by molar-refractivity contribution is -0.135. The highest BCUT2D eigenvalue weighted by molar-refractivity contribution is 7.92. The highest BCUT2D eigenvalue weighted by Crippen LogP contribution is 2.39. The van der Waals surface area contributed by atoms with Crippen LogP contribution in [0.5, 0.6) is 0 Å². The van der Waals surface area contributed by atoms with Gasteiger partial charge in [-0.2, -0.15) is 0 Å². The molecule has 0 bridgehead atoms. The van der Waals surface area contributed by atoms with E-state index in [2.05, 4.69) is 30.6 Å². The average molecular weight is 518 g/mol. The number of carbonyl (C=O) groups excluding carboxylic acids is 1. The molecule has 1 aromatic rings. The second kappa shape index (κ2) is 9.21. The van der Waals surface area contributed by atoms with E-state index in [-0.39, 0.29) is 40.8 Å². The van der Waals surface area contributed by atoms with Gasteiger partial charge in [0.25, 0.3) is 5.92 Å². The first kappa shape index (κ1) is 25.6. The smallest absolute Gasteiger partial charge is 0.267 e. The maximum absolute atomic E-state index is 13.5. The molecule has 0 radical (unpaired) electrons. The average Bonchev–Trinajstić information content (AvgIpc) is 3.40. The van der Waals surface area contributed by atoms with Crippen molar-refractivity contribution in [3.63, 3.8) is 0 Å². The van der Waals surface area contributed by atoms with E-state index in [1.54, 1.807) is 18.2 Å². The number of rotatable bonds is 4. The van der Waals surface area contributed by atoms with Gasteiger partial charge in [0.05, 0.1) is 21.7 Å². The lowest BCUT2D eigenvalue weighted by Gasteiger charge is -2.43. The Kier molecular flexibility index (Phi) is 6.94. The third-order valence-corrected chi connectivity index (χ3v) is 10.2. The number of halogens is 3. The Morgan fingerprint density at radius 1 is 1.09 bits per heavy atom. The van der Waals surface area contributed by atoms with E-state index in [1.165, 1.54) is 4.90 Å². The first-order chi connectivity index (χ1) is 15.8. The zero-order valence-corrected chi connectivity index (χ0v) is 21.6. The lowest BCUT2D eigenvalue weighted by atomic mass is 10.0. The van der Waals surface area contributed by atoms with E-state index in [1.807, 2.05) is 0 Å². The molecule has 4 rings (SSSR count). The largest absolute Gasteiger partial charge is 0.369 e. The van der Waals surface area contributed by atoms with Crippen LogP contribution in [0, 0.1) is 5.92 Å². The minimum atomic E-state index is -3.74. The molecule has 1 saturated carbocycles. The summed E-state index contributed by atoms with van der Waals surface area (Å²) in [6, 6.07) is 5.08. The molecular formula is C24H34ClF2N3O3S. The Morgan fingerprint density at radius 3 is 2.32 bits per heavy atom. The number of likely N-dealkylation sites (tertiary alicyclic amines) is 1. The number of sulfone groups is 1. The molecule has 6 nitrogen and oxygen atoms in total. The van der Waals surface area contributed by atoms with Gasteiger partial charge >= 0.3 is 0 Å². The number of alkyl halides is 2. The molecule has 10 heteroatoms. The third kappa shape index (κ3) is 5.21. The Hall–Kier alpha value is -1.45. The predicted octanol–water partition coefficient (Wildman–Crippen LogP) is 4.07. The summed E-state index contributed by atoms with van der Waals surface area (Å²) in [5.74, 6) is -3.74. The van der Waals surface area contributed by atoms with Crippen LogP contribution in [-0.2, 0) is 14.6 Å². The predicted molar refractivity (Wildman–Crippen MR) is 129 cm³/mol. The maximum atomic E-state index is 13.5. The van der Waals surface area contributed by atoms with Crippen molar-refractivity contribution in [1.29, 1.82) is 0 Å². The third-order valence-electron chi connectivity index (χ3n) is 7.47. The SMILES string of the molecule is CC(C)(C)N1CCN(c2ccc(S(=O)(=O)[C@@H]3CC[C@@H](C(=O)N4CCC(F)(F)C4)C3)c(Cl)c2)CC1. The number of anilines is 1. The normalized spacial score (nSPS) is 26.3. The van der Waals surface area contributed by atoms with E-state index >= 15 is 0 Å².